The van der Waals surface area contributed by atoms with Crippen LogP contribution in [0.5, 0.6) is 5.75 Å². The third-order valence-corrected chi connectivity index (χ3v) is 6.72. The number of rotatable bonds is 12. The fourth-order valence-electron chi connectivity index (χ4n) is 4.37. The molecule has 0 unspecified atom stereocenters. The molecule has 7 nitrogen and oxygen atoms in total. The molecule has 1 aromatic heterocycles. The van der Waals surface area contributed by atoms with Crippen molar-refractivity contribution >= 4 is 11.8 Å². The maximum Gasteiger partial charge on any atom is 0.242 e. The van der Waals surface area contributed by atoms with Gasteiger partial charge in [0.15, 0.2) is 0 Å². The molecule has 3 rings (SSSR count). The maximum atomic E-state index is 13.0. The van der Waals surface area contributed by atoms with E-state index >= 15 is 0 Å². The van der Waals surface area contributed by atoms with E-state index in [-0.39, 0.29) is 17.7 Å². The Balaban J connectivity index is 1.59. The Morgan fingerprint density at radius 2 is 1.71 bits per heavy atom. The van der Waals surface area contributed by atoms with Crippen LogP contribution < -0.4 is 21.1 Å². The maximum absolute atomic E-state index is 13.0. The highest BCUT2D eigenvalue weighted by molar-refractivity contribution is 5.88. The molecule has 0 spiro atoms. The van der Waals surface area contributed by atoms with Crippen LogP contribution in [-0.2, 0) is 22.6 Å². The first-order valence-corrected chi connectivity index (χ1v) is 12.8. The SMILES string of the molecule is CC(C)CCNC(=O)[C@H](Cc1ccc(OCc2ccncc2)cc1)NC(=O)C1CCC(CN)CC1. The van der Waals surface area contributed by atoms with Gasteiger partial charge in [0.25, 0.3) is 0 Å². The number of amides is 2. The number of carbonyl (C=O) groups excluding carboxylic acids is 2. The van der Waals surface area contributed by atoms with Crippen molar-refractivity contribution < 1.29 is 14.3 Å². The molecule has 0 bridgehead atoms. The fraction of sp³-hybridized carbons (Fsp3) is 0.536. The second kappa shape index (κ2) is 13.8. The van der Waals surface area contributed by atoms with E-state index in [1.807, 2.05) is 36.4 Å². The minimum atomic E-state index is -0.606. The van der Waals surface area contributed by atoms with E-state index in [9.17, 15) is 9.59 Å². The van der Waals surface area contributed by atoms with E-state index in [0.29, 0.717) is 38.0 Å². The summed E-state index contributed by atoms with van der Waals surface area (Å²) >= 11 is 0. The molecule has 7 heteroatoms. The molecule has 1 saturated carbocycles. The van der Waals surface area contributed by atoms with Gasteiger partial charge in [0, 0.05) is 31.3 Å². The topological polar surface area (TPSA) is 106 Å². The number of hydrogen-bond donors (Lipinski definition) is 3. The molecule has 0 saturated heterocycles. The van der Waals surface area contributed by atoms with Crippen molar-refractivity contribution in [2.75, 3.05) is 13.1 Å². The van der Waals surface area contributed by atoms with Crippen molar-refractivity contribution in [2.24, 2.45) is 23.5 Å². The van der Waals surface area contributed by atoms with Crippen LogP contribution in [0.25, 0.3) is 0 Å². The first kappa shape index (κ1) is 26.7. The Morgan fingerprint density at radius 3 is 2.34 bits per heavy atom. The van der Waals surface area contributed by atoms with Gasteiger partial charge >= 0.3 is 0 Å². The lowest BCUT2D eigenvalue weighted by atomic mass is 9.81. The quantitative estimate of drug-likeness (QED) is 0.430. The Morgan fingerprint density at radius 1 is 1.03 bits per heavy atom. The molecule has 1 atom stereocenters. The van der Waals surface area contributed by atoms with E-state index in [1.54, 1.807) is 12.4 Å². The van der Waals surface area contributed by atoms with Crippen LogP contribution in [0.15, 0.2) is 48.8 Å². The molecular formula is C28H40N4O3. The molecule has 4 N–H and O–H groups in total. The van der Waals surface area contributed by atoms with E-state index in [2.05, 4.69) is 29.5 Å². The average Bonchev–Trinajstić information content (AvgIpc) is 2.88. The standard InChI is InChI=1S/C28H40N4O3/c1-20(2)11-16-31-28(34)26(32-27(33)24-7-3-22(18-29)4-8-24)17-21-5-9-25(10-6-21)35-19-23-12-14-30-15-13-23/h5-6,9-10,12-15,20,22,24,26H,3-4,7-8,11,16-19,29H2,1-2H3,(H,31,34)(H,32,33)/t22?,24?,26-/m0/s1. The number of hydrogen-bond acceptors (Lipinski definition) is 5. The van der Waals surface area contributed by atoms with Crippen molar-refractivity contribution in [3.05, 3.63) is 59.9 Å². The smallest absolute Gasteiger partial charge is 0.242 e. The van der Waals surface area contributed by atoms with Crippen molar-refractivity contribution in [2.45, 2.75) is 65.0 Å². The highest BCUT2D eigenvalue weighted by Crippen LogP contribution is 2.28. The number of nitrogens with two attached hydrogens (primary N) is 1. The average molecular weight is 481 g/mol. The van der Waals surface area contributed by atoms with Crippen LogP contribution in [0.4, 0.5) is 0 Å². The lowest BCUT2D eigenvalue weighted by Crippen LogP contribution is -2.50. The fourth-order valence-corrected chi connectivity index (χ4v) is 4.37. The second-order valence-corrected chi connectivity index (χ2v) is 9.98. The summed E-state index contributed by atoms with van der Waals surface area (Å²) in [7, 11) is 0. The summed E-state index contributed by atoms with van der Waals surface area (Å²) in [6.45, 7) is 6.00. The predicted molar refractivity (Wildman–Crippen MR) is 138 cm³/mol. The first-order chi connectivity index (χ1) is 16.9. The number of carbonyl (C=O) groups is 2. The molecule has 1 heterocycles. The number of ether oxygens (including phenoxy) is 1. The Kier molecular flexibility index (Phi) is 10.5. The summed E-state index contributed by atoms with van der Waals surface area (Å²) in [6, 6.07) is 10.9. The number of benzene rings is 1. The summed E-state index contributed by atoms with van der Waals surface area (Å²) in [5.74, 6) is 1.56. The van der Waals surface area contributed by atoms with Gasteiger partial charge < -0.3 is 21.1 Å². The Hall–Kier alpha value is -2.93. The lowest BCUT2D eigenvalue weighted by molar-refractivity contribution is -0.131. The van der Waals surface area contributed by atoms with Crippen LogP contribution in [0.2, 0.25) is 0 Å². The highest BCUT2D eigenvalue weighted by atomic mass is 16.5. The molecule has 1 aliphatic carbocycles. The Labute approximate surface area is 209 Å². The molecule has 0 radical (unpaired) electrons. The molecule has 190 valence electrons. The molecule has 0 aliphatic heterocycles. The van der Waals surface area contributed by atoms with Crippen LogP contribution in [-0.4, -0.2) is 35.9 Å². The second-order valence-electron chi connectivity index (χ2n) is 9.98. The minimum absolute atomic E-state index is 0.0261. The van der Waals surface area contributed by atoms with Crippen molar-refractivity contribution in [1.82, 2.24) is 15.6 Å². The van der Waals surface area contributed by atoms with Crippen molar-refractivity contribution in [1.29, 1.82) is 0 Å². The molecule has 1 fully saturated rings. The summed E-state index contributed by atoms with van der Waals surface area (Å²) in [6.07, 6.45) is 8.43. The number of aromatic nitrogens is 1. The van der Waals surface area contributed by atoms with Crippen molar-refractivity contribution in [3.63, 3.8) is 0 Å². The zero-order chi connectivity index (χ0) is 25.0. The molecule has 35 heavy (non-hydrogen) atoms. The molecule has 1 aromatic carbocycles. The van der Waals surface area contributed by atoms with Gasteiger partial charge in [-0.3, -0.25) is 14.6 Å². The minimum Gasteiger partial charge on any atom is -0.489 e. The summed E-state index contributed by atoms with van der Waals surface area (Å²) < 4.78 is 5.85. The van der Waals surface area contributed by atoms with Gasteiger partial charge in [-0.2, -0.15) is 0 Å². The zero-order valence-corrected chi connectivity index (χ0v) is 21.0. The van der Waals surface area contributed by atoms with Crippen molar-refractivity contribution in [3.8, 4) is 5.75 Å². The number of nitrogens with one attached hydrogen (secondary N) is 2. The van der Waals surface area contributed by atoms with Gasteiger partial charge in [-0.15, -0.1) is 0 Å². The molecule has 2 aromatic rings. The van der Waals surface area contributed by atoms with Crippen LogP contribution in [0, 0.1) is 17.8 Å². The van der Waals surface area contributed by atoms with Crippen LogP contribution in [0.1, 0.15) is 57.1 Å². The van der Waals surface area contributed by atoms with Gasteiger partial charge in [0.1, 0.15) is 18.4 Å². The van der Waals surface area contributed by atoms with Crippen LogP contribution in [0.3, 0.4) is 0 Å². The third kappa shape index (κ3) is 8.98. The first-order valence-electron chi connectivity index (χ1n) is 12.8. The largest absolute Gasteiger partial charge is 0.489 e. The molecular weight excluding hydrogens is 440 g/mol. The zero-order valence-electron chi connectivity index (χ0n) is 21.0. The molecule has 1 aliphatic rings. The lowest BCUT2D eigenvalue weighted by Gasteiger charge is -2.28. The monoisotopic (exact) mass is 480 g/mol. The number of pyridine rings is 1. The van der Waals surface area contributed by atoms with E-state index in [0.717, 1.165) is 49.0 Å². The van der Waals surface area contributed by atoms with E-state index in [4.69, 9.17) is 10.5 Å². The normalized spacial score (nSPS) is 18.6. The van der Waals surface area contributed by atoms with Gasteiger partial charge in [0.05, 0.1) is 0 Å². The summed E-state index contributed by atoms with van der Waals surface area (Å²) in [5, 5.41) is 6.06. The summed E-state index contributed by atoms with van der Waals surface area (Å²) in [5.41, 5.74) is 7.81. The van der Waals surface area contributed by atoms with E-state index < -0.39 is 6.04 Å². The molecule has 2 amide bonds. The van der Waals surface area contributed by atoms with E-state index in [1.165, 1.54) is 0 Å². The predicted octanol–water partition coefficient (Wildman–Crippen LogP) is 3.62. The third-order valence-electron chi connectivity index (χ3n) is 6.72. The van der Waals surface area contributed by atoms with Gasteiger partial charge in [-0.25, -0.2) is 0 Å². The Bertz CT molecular complexity index is 910. The number of nitrogens with zero attached hydrogens (tertiary/aromatic N) is 1. The van der Waals surface area contributed by atoms with Gasteiger partial charge in [0.2, 0.25) is 11.8 Å². The van der Waals surface area contributed by atoms with Crippen LogP contribution >= 0.6 is 0 Å². The summed E-state index contributed by atoms with van der Waals surface area (Å²) in [4.78, 5) is 30.0. The highest BCUT2D eigenvalue weighted by Gasteiger charge is 2.29. The van der Waals surface area contributed by atoms with Gasteiger partial charge in [-0.1, -0.05) is 26.0 Å². The van der Waals surface area contributed by atoms with Gasteiger partial charge in [-0.05, 0) is 85.9 Å².